The van der Waals surface area contributed by atoms with Crippen molar-refractivity contribution in [3.05, 3.63) is 0 Å². The van der Waals surface area contributed by atoms with E-state index >= 15 is 0 Å². The number of piperazine rings is 1. The minimum absolute atomic E-state index is 0.752. The molecule has 1 heterocycles. The molecule has 0 aliphatic carbocycles. The molecule has 1 aliphatic rings. The van der Waals surface area contributed by atoms with Crippen molar-refractivity contribution < 1.29 is 0 Å². The van der Waals surface area contributed by atoms with Crippen LogP contribution >= 0.6 is 0 Å². The van der Waals surface area contributed by atoms with Crippen molar-refractivity contribution in [2.45, 2.75) is 65.5 Å². The van der Waals surface area contributed by atoms with Crippen LogP contribution in [-0.2, 0) is 0 Å². The van der Waals surface area contributed by atoms with Crippen molar-refractivity contribution in [2.75, 3.05) is 39.3 Å². The summed E-state index contributed by atoms with van der Waals surface area (Å²) in [7, 11) is 0. The molecule has 3 heteroatoms. The third-order valence-corrected chi connectivity index (χ3v) is 4.59. The lowest BCUT2D eigenvalue weighted by Crippen LogP contribution is -2.51. The van der Waals surface area contributed by atoms with Crippen LogP contribution in [0.4, 0.5) is 0 Å². The zero-order chi connectivity index (χ0) is 14.1. The highest BCUT2D eigenvalue weighted by molar-refractivity contribution is 4.78. The molecule has 0 saturated carbocycles. The summed E-state index contributed by atoms with van der Waals surface area (Å²) in [6, 6.07) is 1.51. The molecule has 2 unspecified atom stereocenters. The maximum Gasteiger partial charge on any atom is 0.0113 e. The van der Waals surface area contributed by atoms with Crippen LogP contribution in [0.1, 0.15) is 53.4 Å². The molecule has 1 rings (SSSR count). The standard InChI is InChI=1S/C16H35N3/c1-5-9-17-10-7-8-16(4)19-13-11-18(12-14-19)15(3)6-2/h15-17H,5-14H2,1-4H3. The van der Waals surface area contributed by atoms with Crippen LogP contribution in [0.3, 0.4) is 0 Å². The van der Waals surface area contributed by atoms with Crippen molar-refractivity contribution in [1.29, 1.82) is 0 Å². The number of hydrogen-bond acceptors (Lipinski definition) is 3. The van der Waals surface area contributed by atoms with Gasteiger partial charge >= 0.3 is 0 Å². The van der Waals surface area contributed by atoms with Gasteiger partial charge in [-0.3, -0.25) is 9.80 Å². The predicted molar refractivity (Wildman–Crippen MR) is 84.8 cm³/mol. The third kappa shape index (κ3) is 6.24. The summed E-state index contributed by atoms with van der Waals surface area (Å²) in [6.45, 7) is 16.7. The van der Waals surface area contributed by atoms with Gasteiger partial charge in [-0.05, 0) is 52.6 Å². The first kappa shape index (κ1) is 16.9. The first-order valence-corrected chi connectivity index (χ1v) is 8.37. The summed E-state index contributed by atoms with van der Waals surface area (Å²) < 4.78 is 0. The maximum absolute atomic E-state index is 3.50. The largest absolute Gasteiger partial charge is 0.317 e. The number of nitrogens with zero attached hydrogens (tertiary/aromatic N) is 2. The molecule has 1 saturated heterocycles. The molecule has 0 amide bonds. The molecule has 0 radical (unpaired) electrons. The van der Waals surface area contributed by atoms with Crippen LogP contribution in [0.2, 0.25) is 0 Å². The van der Waals surface area contributed by atoms with Crippen molar-refractivity contribution in [3.8, 4) is 0 Å². The SMILES string of the molecule is CCCNCCCC(C)N1CCN(C(C)CC)CC1. The molecule has 0 aromatic rings. The first-order valence-electron chi connectivity index (χ1n) is 8.37. The normalized spacial score (nSPS) is 21.5. The Bertz CT molecular complexity index is 212. The zero-order valence-corrected chi connectivity index (χ0v) is 13.6. The van der Waals surface area contributed by atoms with Gasteiger partial charge in [-0.2, -0.15) is 0 Å². The highest BCUT2D eigenvalue weighted by atomic mass is 15.3. The maximum atomic E-state index is 3.50. The van der Waals surface area contributed by atoms with Crippen molar-refractivity contribution in [2.24, 2.45) is 0 Å². The Kier molecular flexibility index (Phi) is 8.67. The summed E-state index contributed by atoms with van der Waals surface area (Å²) in [4.78, 5) is 5.32. The minimum atomic E-state index is 0.752. The lowest BCUT2D eigenvalue weighted by Gasteiger charge is -2.40. The molecule has 1 aliphatic heterocycles. The average Bonchev–Trinajstić information content (AvgIpc) is 2.46. The second-order valence-corrected chi connectivity index (χ2v) is 6.07. The summed E-state index contributed by atoms with van der Waals surface area (Å²) in [5, 5.41) is 3.50. The van der Waals surface area contributed by atoms with E-state index < -0.39 is 0 Å². The molecule has 1 N–H and O–H groups in total. The fraction of sp³-hybridized carbons (Fsp3) is 1.00. The lowest BCUT2D eigenvalue weighted by atomic mass is 10.1. The summed E-state index contributed by atoms with van der Waals surface area (Å²) in [5.41, 5.74) is 0. The fourth-order valence-electron chi connectivity index (χ4n) is 2.88. The van der Waals surface area contributed by atoms with E-state index in [-0.39, 0.29) is 0 Å². The Morgan fingerprint density at radius 2 is 1.47 bits per heavy atom. The smallest absolute Gasteiger partial charge is 0.0113 e. The molecule has 19 heavy (non-hydrogen) atoms. The van der Waals surface area contributed by atoms with Crippen LogP contribution in [0.15, 0.2) is 0 Å². The van der Waals surface area contributed by atoms with Gasteiger partial charge in [-0.1, -0.05) is 13.8 Å². The number of hydrogen-bond donors (Lipinski definition) is 1. The van der Waals surface area contributed by atoms with E-state index in [4.69, 9.17) is 0 Å². The van der Waals surface area contributed by atoms with E-state index in [1.54, 1.807) is 0 Å². The van der Waals surface area contributed by atoms with E-state index in [0.29, 0.717) is 0 Å². The predicted octanol–water partition coefficient (Wildman–Crippen LogP) is 2.57. The molecule has 3 nitrogen and oxygen atoms in total. The average molecular weight is 269 g/mol. The monoisotopic (exact) mass is 269 g/mol. The van der Waals surface area contributed by atoms with Crippen LogP contribution in [0, 0.1) is 0 Å². The summed E-state index contributed by atoms with van der Waals surface area (Å²) in [5.74, 6) is 0. The highest BCUT2D eigenvalue weighted by Crippen LogP contribution is 2.13. The Morgan fingerprint density at radius 3 is 2.00 bits per heavy atom. The molecular weight excluding hydrogens is 234 g/mol. The van der Waals surface area contributed by atoms with E-state index in [1.807, 2.05) is 0 Å². The van der Waals surface area contributed by atoms with Gasteiger partial charge in [0.25, 0.3) is 0 Å². The van der Waals surface area contributed by atoms with Crippen molar-refractivity contribution >= 4 is 0 Å². The summed E-state index contributed by atoms with van der Waals surface area (Å²) in [6.07, 6.45) is 5.17. The van der Waals surface area contributed by atoms with Crippen LogP contribution in [0.5, 0.6) is 0 Å². The topological polar surface area (TPSA) is 18.5 Å². The number of nitrogens with one attached hydrogen (secondary N) is 1. The van der Waals surface area contributed by atoms with E-state index in [1.165, 1.54) is 65.0 Å². The van der Waals surface area contributed by atoms with Crippen molar-refractivity contribution in [1.82, 2.24) is 15.1 Å². The molecule has 2 atom stereocenters. The Labute approximate surface area is 120 Å². The third-order valence-electron chi connectivity index (χ3n) is 4.59. The molecule has 0 spiro atoms. The second-order valence-electron chi connectivity index (χ2n) is 6.07. The minimum Gasteiger partial charge on any atom is -0.317 e. The molecule has 0 aromatic carbocycles. The molecule has 0 bridgehead atoms. The van der Waals surface area contributed by atoms with Crippen molar-refractivity contribution in [3.63, 3.8) is 0 Å². The zero-order valence-electron chi connectivity index (χ0n) is 13.6. The van der Waals surface area contributed by atoms with Crippen LogP contribution < -0.4 is 5.32 Å². The summed E-state index contributed by atoms with van der Waals surface area (Å²) >= 11 is 0. The Hall–Kier alpha value is -0.120. The van der Waals surface area contributed by atoms with E-state index in [0.717, 1.165) is 12.1 Å². The van der Waals surface area contributed by atoms with Gasteiger partial charge < -0.3 is 5.32 Å². The molecular formula is C16H35N3. The second kappa shape index (κ2) is 9.73. The van der Waals surface area contributed by atoms with Gasteiger partial charge in [0, 0.05) is 38.3 Å². The van der Waals surface area contributed by atoms with Crippen LogP contribution in [0.25, 0.3) is 0 Å². The Morgan fingerprint density at radius 1 is 0.895 bits per heavy atom. The van der Waals surface area contributed by atoms with E-state index in [2.05, 4.69) is 42.8 Å². The lowest BCUT2D eigenvalue weighted by molar-refractivity contribution is 0.0743. The molecule has 1 fully saturated rings. The Balaban J connectivity index is 2.12. The fourth-order valence-corrected chi connectivity index (χ4v) is 2.88. The van der Waals surface area contributed by atoms with Crippen LogP contribution in [-0.4, -0.2) is 61.2 Å². The van der Waals surface area contributed by atoms with Gasteiger partial charge in [-0.25, -0.2) is 0 Å². The van der Waals surface area contributed by atoms with Gasteiger partial charge in [0.1, 0.15) is 0 Å². The first-order chi connectivity index (χ1) is 9.19. The van der Waals surface area contributed by atoms with Gasteiger partial charge in [0.2, 0.25) is 0 Å². The highest BCUT2D eigenvalue weighted by Gasteiger charge is 2.22. The van der Waals surface area contributed by atoms with Gasteiger partial charge in [0.15, 0.2) is 0 Å². The number of rotatable bonds is 9. The van der Waals surface area contributed by atoms with E-state index in [9.17, 15) is 0 Å². The molecule has 114 valence electrons. The van der Waals surface area contributed by atoms with Gasteiger partial charge in [-0.15, -0.1) is 0 Å². The van der Waals surface area contributed by atoms with Gasteiger partial charge in [0.05, 0.1) is 0 Å². The quantitative estimate of drug-likeness (QED) is 0.649. The molecule has 0 aromatic heterocycles.